The number of nitrogens with zero attached hydrogens (tertiary/aromatic N) is 4. The van der Waals surface area contributed by atoms with E-state index in [1.54, 1.807) is 12.3 Å². The molecule has 1 fully saturated rings. The van der Waals surface area contributed by atoms with Crippen molar-refractivity contribution in [2.75, 3.05) is 37.9 Å². The number of halogens is 2. The van der Waals surface area contributed by atoms with Gasteiger partial charge in [0.1, 0.15) is 23.1 Å². The van der Waals surface area contributed by atoms with Crippen LogP contribution >= 0.6 is 23.2 Å². The second kappa shape index (κ2) is 8.53. The lowest BCUT2D eigenvalue weighted by Gasteiger charge is -2.36. The van der Waals surface area contributed by atoms with Gasteiger partial charge in [-0.15, -0.1) is 0 Å². The van der Waals surface area contributed by atoms with Crippen LogP contribution in [-0.4, -0.2) is 37.3 Å². The van der Waals surface area contributed by atoms with Gasteiger partial charge in [-0.05, 0) is 31.9 Å². The molecule has 0 radical (unpaired) electrons. The number of aromatic nitrogens is 2. The largest absolute Gasteiger partial charge is 0.495 e. The molecule has 0 amide bonds. The Morgan fingerprint density at radius 3 is 2.28 bits per heavy atom. The molecule has 0 atom stereocenters. The molecule has 3 heterocycles. The minimum Gasteiger partial charge on any atom is -0.495 e. The number of nitrogens with two attached hydrogens (primary N) is 1. The molecule has 0 saturated carbocycles. The van der Waals surface area contributed by atoms with Gasteiger partial charge >= 0.3 is 0 Å². The lowest BCUT2D eigenvalue weighted by Crippen LogP contribution is -2.38. The van der Waals surface area contributed by atoms with Crippen LogP contribution in [0.1, 0.15) is 19.8 Å². The first-order valence-electron chi connectivity index (χ1n) is 10.1. The minimum atomic E-state index is -0.336. The number of pyridine rings is 2. The number of piperidine rings is 1. The summed E-state index contributed by atoms with van der Waals surface area (Å²) >= 11 is 13.3. The smallest absolute Gasteiger partial charge is 0.141 e. The normalized spacial score (nSPS) is 15.4. The van der Waals surface area contributed by atoms with Crippen LogP contribution in [0, 0.1) is 16.7 Å². The highest BCUT2D eigenvalue weighted by atomic mass is 35.5. The van der Waals surface area contributed by atoms with Crippen LogP contribution < -0.4 is 20.1 Å². The van der Waals surface area contributed by atoms with Gasteiger partial charge in [-0.2, -0.15) is 5.26 Å². The molecule has 1 saturated heterocycles. The number of methoxy groups -OCH3 is 2. The summed E-state index contributed by atoms with van der Waals surface area (Å²) in [6, 6.07) is 7.77. The second-order valence-corrected chi connectivity index (χ2v) is 8.86. The molecule has 4 rings (SSSR count). The van der Waals surface area contributed by atoms with Crippen LogP contribution in [-0.2, 0) is 0 Å². The molecule has 3 aromatic rings. The molecule has 0 aliphatic carbocycles. The Kier molecular flexibility index (Phi) is 5.93. The number of ether oxygens (including phenoxy) is 2. The summed E-state index contributed by atoms with van der Waals surface area (Å²) in [4.78, 5) is 11.4. The maximum absolute atomic E-state index is 9.51. The van der Waals surface area contributed by atoms with E-state index in [9.17, 15) is 5.26 Å². The SMILES string of the molecule is COc1cc(OC)c(Cl)c(-c2cc3cnc(N)cc3c(N3CCC(C)(C#N)CC3)n2)c1Cl. The highest BCUT2D eigenvalue weighted by Crippen LogP contribution is 2.46. The van der Waals surface area contributed by atoms with Gasteiger partial charge in [0, 0.05) is 41.7 Å². The second-order valence-electron chi connectivity index (χ2n) is 8.10. The van der Waals surface area contributed by atoms with Gasteiger partial charge in [-0.3, -0.25) is 0 Å². The summed E-state index contributed by atoms with van der Waals surface area (Å²) in [6.45, 7) is 3.39. The van der Waals surface area contributed by atoms with Crippen LogP contribution in [0.5, 0.6) is 11.5 Å². The molecule has 0 unspecified atom stereocenters. The van der Waals surface area contributed by atoms with Gasteiger partial charge in [0.15, 0.2) is 0 Å². The molecule has 9 heteroatoms. The number of hydrogen-bond acceptors (Lipinski definition) is 7. The zero-order valence-electron chi connectivity index (χ0n) is 18.1. The van der Waals surface area contributed by atoms with Gasteiger partial charge in [-0.25, -0.2) is 9.97 Å². The van der Waals surface area contributed by atoms with Crippen molar-refractivity contribution in [3.8, 4) is 28.8 Å². The Morgan fingerprint density at radius 2 is 1.72 bits per heavy atom. The fourth-order valence-electron chi connectivity index (χ4n) is 3.95. The number of hydrogen-bond donors (Lipinski definition) is 1. The molecular weight excluding hydrogens is 449 g/mol. The van der Waals surface area contributed by atoms with Crippen molar-refractivity contribution in [3.63, 3.8) is 0 Å². The first-order valence-corrected chi connectivity index (χ1v) is 10.9. The number of anilines is 2. The van der Waals surface area contributed by atoms with Crippen molar-refractivity contribution in [2.45, 2.75) is 19.8 Å². The van der Waals surface area contributed by atoms with Crippen molar-refractivity contribution in [1.29, 1.82) is 5.26 Å². The monoisotopic (exact) mass is 471 g/mol. The average molecular weight is 472 g/mol. The van der Waals surface area contributed by atoms with E-state index in [1.807, 2.05) is 19.1 Å². The number of benzene rings is 1. The number of nitrogen functional groups attached to an aromatic ring is 1. The van der Waals surface area contributed by atoms with E-state index < -0.39 is 0 Å². The zero-order valence-corrected chi connectivity index (χ0v) is 19.6. The average Bonchev–Trinajstić information content (AvgIpc) is 2.79. The van der Waals surface area contributed by atoms with Crippen molar-refractivity contribution < 1.29 is 9.47 Å². The van der Waals surface area contributed by atoms with E-state index in [0.29, 0.717) is 51.7 Å². The van der Waals surface area contributed by atoms with E-state index in [4.69, 9.17) is 43.4 Å². The minimum absolute atomic E-state index is 0.336. The fourth-order valence-corrected chi connectivity index (χ4v) is 4.64. The third kappa shape index (κ3) is 3.85. The summed E-state index contributed by atoms with van der Waals surface area (Å²) in [5.41, 5.74) is 6.73. The topological polar surface area (TPSA) is 97.3 Å². The van der Waals surface area contributed by atoms with Crippen molar-refractivity contribution in [2.24, 2.45) is 5.41 Å². The predicted molar refractivity (Wildman–Crippen MR) is 128 cm³/mol. The van der Waals surface area contributed by atoms with Crippen LogP contribution in [0.4, 0.5) is 11.6 Å². The maximum atomic E-state index is 9.51. The summed E-state index contributed by atoms with van der Waals surface area (Å²) in [6.07, 6.45) is 3.19. The molecule has 1 aliphatic heterocycles. The summed E-state index contributed by atoms with van der Waals surface area (Å²) in [5, 5.41) is 11.9. The Morgan fingerprint density at radius 1 is 1.09 bits per heavy atom. The van der Waals surface area contributed by atoms with Crippen LogP contribution in [0.3, 0.4) is 0 Å². The number of fused-ring (bicyclic) bond motifs is 1. The van der Waals surface area contributed by atoms with Crippen LogP contribution in [0.15, 0.2) is 24.4 Å². The molecule has 1 aromatic carbocycles. The Balaban J connectivity index is 1.93. The van der Waals surface area contributed by atoms with E-state index in [2.05, 4.69) is 16.0 Å². The molecule has 7 nitrogen and oxygen atoms in total. The van der Waals surface area contributed by atoms with Gasteiger partial charge < -0.3 is 20.1 Å². The van der Waals surface area contributed by atoms with E-state index >= 15 is 0 Å². The standard InChI is InChI=1S/C23H23Cl2N5O2/c1-23(12-26)4-6-30(7-5-23)22-14-9-18(27)28-11-13(14)8-15(29-22)19-20(24)16(31-2)10-17(32-3)21(19)25/h8-11H,4-7H2,1-3H3,(H2,27,28). The quantitative estimate of drug-likeness (QED) is 0.548. The Labute approximate surface area is 196 Å². The molecule has 0 bridgehead atoms. The summed E-state index contributed by atoms with van der Waals surface area (Å²) in [7, 11) is 3.06. The first kappa shape index (κ1) is 22.3. The third-order valence-electron chi connectivity index (χ3n) is 5.98. The molecule has 0 spiro atoms. The molecule has 32 heavy (non-hydrogen) atoms. The number of nitriles is 1. The maximum Gasteiger partial charge on any atom is 0.141 e. The third-order valence-corrected chi connectivity index (χ3v) is 6.73. The predicted octanol–water partition coefficient (Wildman–Crippen LogP) is 5.33. The van der Waals surface area contributed by atoms with E-state index in [0.717, 1.165) is 29.4 Å². The fraction of sp³-hybridized carbons (Fsp3) is 0.348. The first-order chi connectivity index (χ1) is 15.3. The van der Waals surface area contributed by atoms with Crippen LogP contribution in [0.2, 0.25) is 10.0 Å². The zero-order chi connectivity index (χ0) is 23.0. The molecular formula is C23H23Cl2N5O2. The van der Waals surface area contributed by atoms with Crippen molar-refractivity contribution in [1.82, 2.24) is 9.97 Å². The summed E-state index contributed by atoms with van der Waals surface area (Å²) in [5.74, 6) is 2.03. The van der Waals surface area contributed by atoms with Crippen LogP contribution in [0.25, 0.3) is 22.0 Å². The molecule has 2 N–H and O–H groups in total. The van der Waals surface area contributed by atoms with E-state index in [1.165, 1.54) is 14.2 Å². The van der Waals surface area contributed by atoms with E-state index in [-0.39, 0.29) is 5.41 Å². The number of rotatable bonds is 4. The van der Waals surface area contributed by atoms with Gasteiger partial charge in [0.05, 0.1) is 41.4 Å². The van der Waals surface area contributed by atoms with Gasteiger partial charge in [0.25, 0.3) is 0 Å². The highest BCUT2D eigenvalue weighted by molar-refractivity contribution is 6.41. The lowest BCUT2D eigenvalue weighted by atomic mass is 9.82. The van der Waals surface area contributed by atoms with Crippen molar-refractivity contribution in [3.05, 3.63) is 34.4 Å². The lowest BCUT2D eigenvalue weighted by molar-refractivity contribution is 0.337. The van der Waals surface area contributed by atoms with Gasteiger partial charge in [0.2, 0.25) is 0 Å². The summed E-state index contributed by atoms with van der Waals surface area (Å²) < 4.78 is 10.8. The molecule has 1 aliphatic rings. The van der Waals surface area contributed by atoms with Gasteiger partial charge in [-0.1, -0.05) is 23.2 Å². The highest BCUT2D eigenvalue weighted by Gasteiger charge is 2.31. The Bertz CT molecular complexity index is 1210. The Hall–Kier alpha value is -2.95. The molecule has 166 valence electrons. The molecule has 2 aromatic heterocycles. The van der Waals surface area contributed by atoms with Crippen molar-refractivity contribution >= 4 is 45.6 Å².